The zero-order valence-corrected chi connectivity index (χ0v) is 10.6. The second-order valence-electron chi connectivity index (χ2n) is 5.53. The molecule has 4 heteroatoms. The van der Waals surface area contributed by atoms with Gasteiger partial charge in [-0.05, 0) is 38.5 Å². The number of hydrogen-bond donors (Lipinski definition) is 1. The molecule has 2 N–H and O–H groups in total. The van der Waals surface area contributed by atoms with E-state index in [4.69, 9.17) is 15.2 Å². The second kappa shape index (κ2) is 5.36. The molecule has 2 rings (SSSR count). The fourth-order valence-electron chi connectivity index (χ4n) is 2.75. The topological polar surface area (TPSA) is 61.5 Å². The summed E-state index contributed by atoms with van der Waals surface area (Å²) in [7, 11) is 1.72. The first kappa shape index (κ1) is 12.8. The van der Waals surface area contributed by atoms with E-state index >= 15 is 0 Å². The smallest absolute Gasteiger partial charge is 0.307 e. The van der Waals surface area contributed by atoms with Crippen LogP contribution < -0.4 is 5.73 Å². The van der Waals surface area contributed by atoms with Gasteiger partial charge in [-0.15, -0.1) is 0 Å². The predicted molar refractivity (Wildman–Crippen MR) is 64.5 cm³/mol. The van der Waals surface area contributed by atoms with Gasteiger partial charge in [-0.1, -0.05) is 0 Å². The lowest BCUT2D eigenvalue weighted by atomic mass is 9.75. The normalized spacial score (nSPS) is 31.6. The van der Waals surface area contributed by atoms with Gasteiger partial charge in [0.15, 0.2) is 0 Å². The number of nitrogens with two attached hydrogens (primary N) is 1. The fourth-order valence-corrected chi connectivity index (χ4v) is 2.75. The number of hydrogen-bond acceptors (Lipinski definition) is 4. The lowest BCUT2D eigenvalue weighted by Crippen LogP contribution is -2.48. The maximum Gasteiger partial charge on any atom is 0.307 e. The van der Waals surface area contributed by atoms with Crippen LogP contribution in [-0.4, -0.2) is 30.8 Å². The van der Waals surface area contributed by atoms with Gasteiger partial charge in [0.1, 0.15) is 6.10 Å². The number of rotatable bonds is 4. The maximum atomic E-state index is 11.8. The summed E-state index contributed by atoms with van der Waals surface area (Å²) in [5.74, 6) is -0.131. The molecule has 0 aromatic heterocycles. The molecule has 0 aliphatic heterocycles. The predicted octanol–water partition coefficient (Wildman–Crippen LogP) is 1.76. The molecule has 2 fully saturated rings. The summed E-state index contributed by atoms with van der Waals surface area (Å²) in [5.41, 5.74) is 5.77. The van der Waals surface area contributed by atoms with E-state index in [9.17, 15) is 4.79 Å². The summed E-state index contributed by atoms with van der Waals surface area (Å²) in [5, 5.41) is 0. The monoisotopic (exact) mass is 241 g/mol. The zero-order valence-electron chi connectivity index (χ0n) is 10.6. The molecule has 0 bridgehead atoms. The van der Waals surface area contributed by atoms with Crippen LogP contribution in [0.25, 0.3) is 0 Å². The van der Waals surface area contributed by atoms with E-state index < -0.39 is 0 Å². The van der Waals surface area contributed by atoms with Gasteiger partial charge < -0.3 is 15.2 Å². The van der Waals surface area contributed by atoms with E-state index in [1.807, 2.05) is 0 Å². The van der Waals surface area contributed by atoms with Crippen LogP contribution in [0.3, 0.4) is 0 Å². The standard InChI is InChI=1S/C13H23NO3/c1-16-10-4-2-5-11(8-10)17-12(15)9-13(14)6-3-7-13/h10-11H,2-9,14H2,1H3. The van der Waals surface area contributed by atoms with Crippen LogP contribution in [0.15, 0.2) is 0 Å². The minimum absolute atomic E-state index is 0.0323. The first-order valence-corrected chi connectivity index (χ1v) is 6.62. The van der Waals surface area contributed by atoms with Crippen LogP contribution in [0.4, 0.5) is 0 Å². The molecule has 2 saturated carbocycles. The van der Waals surface area contributed by atoms with E-state index in [0.717, 1.165) is 44.9 Å². The highest BCUT2D eigenvalue weighted by Crippen LogP contribution is 2.33. The van der Waals surface area contributed by atoms with Gasteiger partial charge in [0.05, 0.1) is 12.5 Å². The van der Waals surface area contributed by atoms with E-state index in [1.165, 1.54) is 0 Å². The maximum absolute atomic E-state index is 11.8. The first-order valence-electron chi connectivity index (χ1n) is 6.62. The Balaban J connectivity index is 1.74. The quantitative estimate of drug-likeness (QED) is 0.762. The van der Waals surface area contributed by atoms with E-state index in [1.54, 1.807) is 7.11 Å². The number of carbonyl (C=O) groups is 1. The summed E-state index contributed by atoms with van der Waals surface area (Å²) >= 11 is 0. The van der Waals surface area contributed by atoms with Crippen LogP contribution in [0.5, 0.6) is 0 Å². The molecule has 17 heavy (non-hydrogen) atoms. The van der Waals surface area contributed by atoms with Crippen LogP contribution >= 0.6 is 0 Å². The van der Waals surface area contributed by atoms with Crippen LogP contribution in [0.1, 0.15) is 51.4 Å². The average molecular weight is 241 g/mol. The van der Waals surface area contributed by atoms with Crippen LogP contribution in [0.2, 0.25) is 0 Å². The molecule has 0 heterocycles. The Hall–Kier alpha value is -0.610. The largest absolute Gasteiger partial charge is 0.462 e. The van der Waals surface area contributed by atoms with Crippen molar-refractivity contribution < 1.29 is 14.3 Å². The number of carbonyl (C=O) groups excluding carboxylic acids is 1. The van der Waals surface area contributed by atoms with Crippen LogP contribution in [-0.2, 0) is 14.3 Å². The second-order valence-corrected chi connectivity index (χ2v) is 5.53. The van der Waals surface area contributed by atoms with Gasteiger partial charge in [0.25, 0.3) is 0 Å². The highest BCUT2D eigenvalue weighted by molar-refractivity contribution is 5.71. The van der Waals surface area contributed by atoms with E-state index in [0.29, 0.717) is 6.42 Å². The molecule has 0 aromatic rings. The van der Waals surface area contributed by atoms with Gasteiger partial charge >= 0.3 is 5.97 Å². The molecular formula is C13H23NO3. The molecule has 0 aromatic carbocycles. The highest BCUT2D eigenvalue weighted by Gasteiger charge is 2.36. The van der Waals surface area contributed by atoms with Gasteiger partial charge in [0.2, 0.25) is 0 Å². The Morgan fingerprint density at radius 2 is 2.00 bits per heavy atom. The molecule has 0 radical (unpaired) electrons. The Morgan fingerprint density at radius 1 is 1.29 bits per heavy atom. The van der Waals surface area contributed by atoms with Gasteiger partial charge in [-0.2, -0.15) is 0 Å². The third kappa shape index (κ3) is 3.42. The molecule has 0 spiro atoms. The average Bonchev–Trinajstić information content (AvgIpc) is 2.27. The van der Waals surface area contributed by atoms with Crippen molar-refractivity contribution in [2.45, 2.75) is 69.1 Å². The van der Waals surface area contributed by atoms with Crippen molar-refractivity contribution in [3.8, 4) is 0 Å². The Morgan fingerprint density at radius 3 is 2.59 bits per heavy atom. The molecule has 2 atom stereocenters. The molecule has 98 valence electrons. The summed E-state index contributed by atoms with van der Waals surface area (Å²) < 4.78 is 10.8. The fraction of sp³-hybridized carbons (Fsp3) is 0.923. The molecule has 0 saturated heterocycles. The lowest BCUT2D eigenvalue weighted by molar-refractivity contribution is -0.154. The van der Waals surface area contributed by atoms with Crippen molar-refractivity contribution in [2.24, 2.45) is 5.73 Å². The molecular weight excluding hydrogens is 218 g/mol. The Kier molecular flexibility index (Phi) is 4.05. The number of ether oxygens (including phenoxy) is 2. The summed E-state index contributed by atoms with van der Waals surface area (Å²) in [6.45, 7) is 0. The van der Waals surface area contributed by atoms with E-state index in [2.05, 4.69) is 0 Å². The molecule has 2 aliphatic rings. The molecule has 0 amide bonds. The SMILES string of the molecule is COC1CCCC(OC(=O)CC2(N)CCC2)C1. The third-order valence-corrected chi connectivity index (χ3v) is 4.06. The number of esters is 1. The van der Waals surface area contributed by atoms with Gasteiger partial charge in [0, 0.05) is 19.1 Å². The van der Waals surface area contributed by atoms with Gasteiger partial charge in [-0.3, -0.25) is 4.79 Å². The van der Waals surface area contributed by atoms with Crippen molar-refractivity contribution in [3.63, 3.8) is 0 Å². The summed E-state index contributed by atoms with van der Waals surface area (Å²) in [6.07, 6.45) is 7.64. The summed E-state index contributed by atoms with van der Waals surface area (Å²) in [4.78, 5) is 11.8. The Bertz CT molecular complexity index is 276. The van der Waals surface area contributed by atoms with Gasteiger partial charge in [-0.25, -0.2) is 0 Å². The van der Waals surface area contributed by atoms with Crippen molar-refractivity contribution in [1.29, 1.82) is 0 Å². The molecule has 2 aliphatic carbocycles. The van der Waals surface area contributed by atoms with Crippen LogP contribution in [0, 0.1) is 0 Å². The minimum Gasteiger partial charge on any atom is -0.462 e. The summed E-state index contributed by atoms with van der Waals surface area (Å²) in [6, 6.07) is 0. The Labute approximate surface area is 103 Å². The van der Waals surface area contributed by atoms with Crippen molar-refractivity contribution >= 4 is 5.97 Å². The van der Waals surface area contributed by atoms with E-state index in [-0.39, 0.29) is 23.7 Å². The first-order chi connectivity index (χ1) is 8.11. The molecule has 4 nitrogen and oxygen atoms in total. The lowest BCUT2D eigenvalue weighted by Gasteiger charge is -2.37. The molecule has 2 unspecified atom stereocenters. The zero-order chi connectivity index (χ0) is 12.3. The van der Waals surface area contributed by atoms with Crippen molar-refractivity contribution in [3.05, 3.63) is 0 Å². The van der Waals surface area contributed by atoms with Crippen molar-refractivity contribution in [1.82, 2.24) is 0 Å². The number of methoxy groups -OCH3 is 1. The minimum atomic E-state index is -0.271. The highest BCUT2D eigenvalue weighted by atomic mass is 16.5. The van der Waals surface area contributed by atoms with Crippen molar-refractivity contribution in [2.75, 3.05) is 7.11 Å². The third-order valence-electron chi connectivity index (χ3n) is 4.06.